The van der Waals surface area contributed by atoms with Crippen molar-refractivity contribution < 1.29 is 28.2 Å². The number of aliphatic carboxylic acids is 1. The molecular weight excluding hydrogens is 389 g/mol. The minimum absolute atomic E-state index is 0.136. The number of carboxylic acids is 1. The topological polar surface area (TPSA) is 91.5 Å². The molecule has 1 fully saturated rings. The van der Waals surface area contributed by atoms with E-state index in [2.05, 4.69) is 45.5 Å². The Bertz CT molecular complexity index is 745. The molecule has 0 atom stereocenters. The zero-order chi connectivity index (χ0) is 21.3. The van der Waals surface area contributed by atoms with Crippen LogP contribution in [0, 0.1) is 0 Å². The minimum Gasteiger partial charge on any atom is -0.475 e. The predicted molar refractivity (Wildman–Crippen MR) is 99.4 cm³/mol. The highest BCUT2D eigenvalue weighted by Gasteiger charge is 2.38. The van der Waals surface area contributed by atoms with Crippen molar-refractivity contribution in [2.45, 2.75) is 37.9 Å². The normalized spacial score (nSPS) is 15.6. The number of aromatic nitrogens is 3. The van der Waals surface area contributed by atoms with Crippen molar-refractivity contribution in [2.75, 3.05) is 26.2 Å². The quantitative estimate of drug-likeness (QED) is 0.754. The summed E-state index contributed by atoms with van der Waals surface area (Å²) in [5.41, 5.74) is 2.29. The molecule has 0 saturated carbocycles. The largest absolute Gasteiger partial charge is 0.490 e. The summed E-state index contributed by atoms with van der Waals surface area (Å²) in [6.07, 6.45) is 0.860. The van der Waals surface area contributed by atoms with Crippen LogP contribution in [0.15, 0.2) is 36.5 Å². The maximum Gasteiger partial charge on any atom is 0.490 e. The van der Waals surface area contributed by atoms with Gasteiger partial charge in [-0.15, -0.1) is 5.10 Å². The van der Waals surface area contributed by atoms with E-state index in [0.29, 0.717) is 12.5 Å². The molecule has 1 aliphatic heterocycles. The van der Waals surface area contributed by atoms with E-state index >= 15 is 0 Å². The number of carbonyl (C=O) groups is 1. The average molecular weight is 414 g/mol. The number of nitrogens with zero attached hydrogens (tertiary/aromatic N) is 4. The summed E-state index contributed by atoms with van der Waals surface area (Å²) in [5, 5.41) is 24.4. The van der Waals surface area contributed by atoms with Gasteiger partial charge < -0.3 is 15.1 Å². The number of carboxylic acid groups (broad SMARTS) is 1. The highest BCUT2D eigenvalue weighted by atomic mass is 19.4. The molecular formula is C19H25F3N4O3. The van der Waals surface area contributed by atoms with E-state index in [0.717, 1.165) is 44.6 Å². The standard InChI is InChI=1S/C17H24N4O.C2HF3O2/c22-13-9-16-14-21(19-18-16)17-7-11-20(12-8-17)10-6-15-4-2-1-3-5-15;3-2(4,5)1(6)7/h1-5,14,17,22H,6-13H2;(H,6,7). The van der Waals surface area contributed by atoms with Gasteiger partial charge in [0.1, 0.15) is 0 Å². The van der Waals surface area contributed by atoms with Crippen molar-refractivity contribution in [1.82, 2.24) is 19.9 Å². The van der Waals surface area contributed by atoms with Gasteiger partial charge in [0.2, 0.25) is 0 Å². The van der Waals surface area contributed by atoms with Gasteiger partial charge >= 0.3 is 12.1 Å². The third-order valence-electron chi connectivity index (χ3n) is 4.66. The third kappa shape index (κ3) is 7.82. The van der Waals surface area contributed by atoms with Crippen molar-refractivity contribution >= 4 is 5.97 Å². The highest BCUT2D eigenvalue weighted by Crippen LogP contribution is 2.22. The molecule has 2 heterocycles. The van der Waals surface area contributed by atoms with E-state index in [1.165, 1.54) is 5.56 Å². The Morgan fingerprint density at radius 2 is 1.76 bits per heavy atom. The van der Waals surface area contributed by atoms with Crippen LogP contribution in [0.25, 0.3) is 0 Å². The molecule has 0 amide bonds. The number of hydrogen-bond acceptors (Lipinski definition) is 5. The molecule has 160 valence electrons. The van der Waals surface area contributed by atoms with E-state index < -0.39 is 12.1 Å². The number of alkyl halides is 3. The summed E-state index contributed by atoms with van der Waals surface area (Å²) in [4.78, 5) is 11.4. The molecule has 1 aromatic heterocycles. The van der Waals surface area contributed by atoms with Gasteiger partial charge in [-0.1, -0.05) is 35.5 Å². The van der Waals surface area contributed by atoms with Gasteiger partial charge in [-0.2, -0.15) is 13.2 Å². The van der Waals surface area contributed by atoms with Gasteiger partial charge in [-0.25, -0.2) is 9.48 Å². The van der Waals surface area contributed by atoms with Crippen molar-refractivity contribution in [3.63, 3.8) is 0 Å². The lowest BCUT2D eigenvalue weighted by Crippen LogP contribution is -2.36. The van der Waals surface area contributed by atoms with Gasteiger partial charge in [-0.3, -0.25) is 0 Å². The van der Waals surface area contributed by atoms with Crippen LogP contribution in [-0.2, 0) is 17.6 Å². The molecule has 0 aliphatic carbocycles. The molecule has 0 unspecified atom stereocenters. The Morgan fingerprint density at radius 1 is 1.14 bits per heavy atom. The maximum atomic E-state index is 10.6. The van der Waals surface area contributed by atoms with Crippen molar-refractivity contribution in [1.29, 1.82) is 0 Å². The number of aliphatic hydroxyl groups is 1. The van der Waals surface area contributed by atoms with Crippen molar-refractivity contribution in [2.24, 2.45) is 0 Å². The van der Waals surface area contributed by atoms with Gasteiger partial charge in [0.15, 0.2) is 0 Å². The van der Waals surface area contributed by atoms with Crippen LogP contribution in [0.2, 0.25) is 0 Å². The predicted octanol–water partition coefficient (Wildman–Crippen LogP) is 2.33. The fourth-order valence-electron chi connectivity index (χ4n) is 3.06. The minimum atomic E-state index is -5.08. The van der Waals surface area contributed by atoms with Crippen LogP contribution in [0.4, 0.5) is 13.2 Å². The first kappa shape index (κ1) is 22.8. The lowest BCUT2D eigenvalue weighted by atomic mass is 10.0. The number of likely N-dealkylation sites (tertiary alicyclic amines) is 1. The fraction of sp³-hybridized carbons (Fsp3) is 0.526. The van der Waals surface area contributed by atoms with Crippen molar-refractivity contribution in [3.05, 3.63) is 47.8 Å². The van der Waals surface area contributed by atoms with Gasteiger partial charge in [-0.05, 0) is 24.8 Å². The summed E-state index contributed by atoms with van der Waals surface area (Å²) >= 11 is 0. The second kappa shape index (κ2) is 10.9. The smallest absolute Gasteiger partial charge is 0.475 e. The van der Waals surface area contributed by atoms with Gasteiger partial charge in [0, 0.05) is 38.9 Å². The van der Waals surface area contributed by atoms with E-state index in [-0.39, 0.29) is 6.61 Å². The fourth-order valence-corrected chi connectivity index (χ4v) is 3.06. The molecule has 0 radical (unpaired) electrons. The molecule has 1 aliphatic rings. The summed E-state index contributed by atoms with van der Waals surface area (Å²) in [7, 11) is 0. The first-order valence-corrected chi connectivity index (χ1v) is 9.37. The average Bonchev–Trinajstić information content (AvgIpc) is 3.16. The van der Waals surface area contributed by atoms with Crippen LogP contribution < -0.4 is 0 Å². The lowest BCUT2D eigenvalue weighted by molar-refractivity contribution is -0.192. The molecule has 2 aromatic rings. The van der Waals surface area contributed by atoms with Crippen LogP contribution in [0.1, 0.15) is 30.1 Å². The number of rotatable bonds is 6. The number of hydrogen-bond donors (Lipinski definition) is 2. The number of piperidine rings is 1. The van der Waals surface area contributed by atoms with E-state index in [4.69, 9.17) is 15.0 Å². The SMILES string of the molecule is O=C(O)C(F)(F)F.OCCc1cn(C2CCN(CCc3ccccc3)CC2)nn1. The van der Waals surface area contributed by atoms with Gasteiger partial charge in [0.05, 0.1) is 11.7 Å². The van der Waals surface area contributed by atoms with Crippen LogP contribution in [0.5, 0.6) is 0 Å². The molecule has 3 rings (SSSR count). The van der Waals surface area contributed by atoms with Crippen LogP contribution in [0.3, 0.4) is 0 Å². The number of benzene rings is 1. The number of aliphatic hydroxyl groups excluding tert-OH is 1. The molecule has 1 aromatic carbocycles. The Hall–Kier alpha value is -2.46. The zero-order valence-corrected chi connectivity index (χ0v) is 15.9. The second-order valence-corrected chi connectivity index (χ2v) is 6.77. The summed E-state index contributed by atoms with van der Waals surface area (Å²) in [6.45, 7) is 3.50. The molecule has 1 saturated heterocycles. The highest BCUT2D eigenvalue weighted by molar-refractivity contribution is 5.73. The first-order chi connectivity index (χ1) is 13.8. The molecule has 2 N–H and O–H groups in total. The first-order valence-electron chi connectivity index (χ1n) is 9.37. The monoisotopic (exact) mass is 414 g/mol. The summed E-state index contributed by atoms with van der Waals surface area (Å²) < 4.78 is 33.7. The molecule has 0 spiro atoms. The molecule has 0 bridgehead atoms. The Labute approximate surface area is 166 Å². The Balaban J connectivity index is 0.000000370. The molecule has 7 nitrogen and oxygen atoms in total. The van der Waals surface area contributed by atoms with E-state index in [1.54, 1.807) is 0 Å². The number of halogens is 3. The lowest BCUT2D eigenvalue weighted by Gasteiger charge is -2.31. The molecule has 10 heteroatoms. The summed E-state index contributed by atoms with van der Waals surface area (Å²) in [6, 6.07) is 11.1. The maximum absolute atomic E-state index is 10.6. The Morgan fingerprint density at radius 3 is 2.31 bits per heavy atom. The zero-order valence-electron chi connectivity index (χ0n) is 15.9. The third-order valence-corrected chi connectivity index (χ3v) is 4.66. The van der Waals surface area contributed by atoms with Crippen molar-refractivity contribution in [3.8, 4) is 0 Å². The van der Waals surface area contributed by atoms with Gasteiger partial charge in [0.25, 0.3) is 0 Å². The van der Waals surface area contributed by atoms with E-state index in [1.807, 2.05) is 10.9 Å². The molecule has 29 heavy (non-hydrogen) atoms. The van der Waals surface area contributed by atoms with Crippen LogP contribution in [-0.4, -0.2) is 68.5 Å². The van der Waals surface area contributed by atoms with Crippen LogP contribution >= 0.6 is 0 Å². The second-order valence-electron chi connectivity index (χ2n) is 6.77. The van der Waals surface area contributed by atoms with E-state index in [9.17, 15) is 13.2 Å². The Kier molecular flexibility index (Phi) is 8.59. The summed E-state index contributed by atoms with van der Waals surface area (Å²) in [5.74, 6) is -2.76.